The molecule has 3 fully saturated rings. The molecule has 2 bridgehead atoms. The minimum Gasteiger partial charge on any atom is -0.444 e. The van der Waals surface area contributed by atoms with Crippen LogP contribution in [0.4, 0.5) is 4.79 Å². The summed E-state index contributed by atoms with van der Waals surface area (Å²) in [6.45, 7) is 9.64. The van der Waals surface area contributed by atoms with Crippen LogP contribution >= 0.6 is 12.2 Å². The van der Waals surface area contributed by atoms with E-state index in [0.717, 1.165) is 30.9 Å². The van der Waals surface area contributed by atoms with Crippen LogP contribution in [-0.2, 0) is 4.74 Å². The molecule has 3 rings (SSSR count). The minimum absolute atomic E-state index is 0.00333. The third-order valence-electron chi connectivity index (χ3n) is 3.95. The smallest absolute Gasteiger partial charge is 0.410 e. The van der Waals surface area contributed by atoms with E-state index in [0.29, 0.717) is 11.8 Å². The van der Waals surface area contributed by atoms with Gasteiger partial charge in [0.1, 0.15) is 5.60 Å². The maximum atomic E-state index is 12.3. The van der Waals surface area contributed by atoms with Crippen molar-refractivity contribution in [3.8, 4) is 0 Å². The molecule has 3 unspecified atom stereocenters. The summed E-state index contributed by atoms with van der Waals surface area (Å²) in [5.41, 5.74) is -0.459. The molecule has 5 heteroatoms. The molecule has 0 aromatic rings. The van der Waals surface area contributed by atoms with Gasteiger partial charge in [-0.1, -0.05) is 19.1 Å². The molecule has 4 nitrogen and oxygen atoms in total. The number of fused-ring (bicyclic) bond motifs is 5. The topological polar surface area (TPSA) is 41.6 Å². The van der Waals surface area contributed by atoms with Crippen molar-refractivity contribution in [2.24, 2.45) is 11.8 Å². The van der Waals surface area contributed by atoms with Gasteiger partial charge in [0.25, 0.3) is 0 Å². The molecule has 3 heterocycles. The molecule has 19 heavy (non-hydrogen) atoms. The van der Waals surface area contributed by atoms with Crippen LogP contribution in [0.25, 0.3) is 0 Å². The van der Waals surface area contributed by atoms with E-state index >= 15 is 0 Å². The van der Waals surface area contributed by atoms with Crippen molar-refractivity contribution >= 4 is 23.3 Å². The van der Waals surface area contributed by atoms with Crippen molar-refractivity contribution in [1.29, 1.82) is 0 Å². The third-order valence-corrected chi connectivity index (χ3v) is 4.37. The second-order valence-electron chi connectivity index (χ2n) is 6.70. The number of hydrogen-bond donors (Lipinski definition) is 1. The number of ether oxygens (including phenoxy) is 1. The van der Waals surface area contributed by atoms with Crippen molar-refractivity contribution < 1.29 is 9.53 Å². The Morgan fingerprint density at radius 2 is 2.16 bits per heavy atom. The van der Waals surface area contributed by atoms with Crippen molar-refractivity contribution in [3.63, 3.8) is 0 Å². The number of thiocarbonyl (C=S) groups is 1. The highest BCUT2D eigenvalue weighted by Gasteiger charge is 2.40. The van der Waals surface area contributed by atoms with E-state index in [9.17, 15) is 4.79 Å². The average Bonchev–Trinajstić information content (AvgIpc) is 2.25. The highest BCUT2D eigenvalue weighted by molar-refractivity contribution is 7.80. The summed E-state index contributed by atoms with van der Waals surface area (Å²) < 4.78 is 5.51. The second-order valence-corrected chi connectivity index (χ2v) is 7.14. The number of amides is 1. The zero-order chi connectivity index (χ0) is 14.2. The van der Waals surface area contributed by atoms with E-state index in [4.69, 9.17) is 17.0 Å². The molecule has 3 aliphatic heterocycles. The summed E-state index contributed by atoms with van der Waals surface area (Å²) in [7, 11) is 0. The second kappa shape index (κ2) is 5.27. The Labute approximate surface area is 120 Å². The van der Waals surface area contributed by atoms with Crippen LogP contribution in [0.5, 0.6) is 0 Å². The summed E-state index contributed by atoms with van der Waals surface area (Å²) in [6, 6.07) is -0.00333. The van der Waals surface area contributed by atoms with E-state index in [1.165, 1.54) is 0 Å². The van der Waals surface area contributed by atoms with Crippen LogP contribution in [0.3, 0.4) is 0 Å². The SMILES string of the molecule is CC1CC2C(=S)NCCC1CN2C(=O)OC(C)(C)C. The minimum atomic E-state index is -0.459. The Morgan fingerprint density at radius 1 is 1.47 bits per heavy atom. The van der Waals surface area contributed by atoms with E-state index in [1.807, 2.05) is 25.7 Å². The fourth-order valence-corrected chi connectivity index (χ4v) is 3.20. The predicted octanol–water partition coefficient (Wildman–Crippen LogP) is 2.57. The number of hydrogen-bond acceptors (Lipinski definition) is 3. The van der Waals surface area contributed by atoms with Gasteiger partial charge >= 0.3 is 6.09 Å². The van der Waals surface area contributed by atoms with Crippen LogP contribution in [-0.4, -0.2) is 40.7 Å². The van der Waals surface area contributed by atoms with Crippen molar-refractivity contribution in [1.82, 2.24) is 10.2 Å². The molecule has 0 aliphatic carbocycles. The summed E-state index contributed by atoms with van der Waals surface area (Å²) in [5, 5.41) is 3.27. The lowest BCUT2D eigenvalue weighted by atomic mass is 9.80. The maximum Gasteiger partial charge on any atom is 0.410 e. The molecule has 108 valence electrons. The quantitative estimate of drug-likeness (QED) is 0.694. The lowest BCUT2D eigenvalue weighted by Crippen LogP contribution is -2.58. The molecule has 1 amide bonds. The number of rotatable bonds is 0. The molecule has 0 aromatic heterocycles. The summed E-state index contributed by atoms with van der Waals surface area (Å²) in [6.07, 6.45) is 1.77. The van der Waals surface area contributed by atoms with Crippen LogP contribution in [0.1, 0.15) is 40.5 Å². The summed E-state index contributed by atoms with van der Waals surface area (Å²) in [5.74, 6) is 1.16. The molecular weight excluding hydrogens is 260 g/mol. The summed E-state index contributed by atoms with van der Waals surface area (Å²) >= 11 is 5.43. The third kappa shape index (κ3) is 3.38. The van der Waals surface area contributed by atoms with Gasteiger partial charge in [-0.2, -0.15) is 0 Å². The van der Waals surface area contributed by atoms with Gasteiger partial charge in [0.05, 0.1) is 11.0 Å². The van der Waals surface area contributed by atoms with E-state index in [-0.39, 0.29) is 12.1 Å². The Morgan fingerprint density at radius 3 is 2.79 bits per heavy atom. The highest BCUT2D eigenvalue weighted by atomic mass is 32.1. The van der Waals surface area contributed by atoms with Crippen molar-refractivity contribution in [3.05, 3.63) is 0 Å². The lowest BCUT2D eigenvalue weighted by molar-refractivity contribution is 0.00223. The molecule has 0 saturated carbocycles. The first kappa shape index (κ1) is 14.6. The van der Waals surface area contributed by atoms with Gasteiger partial charge in [-0.25, -0.2) is 4.79 Å². The first-order valence-electron chi connectivity index (χ1n) is 7.05. The number of nitrogens with one attached hydrogen (secondary N) is 1. The maximum absolute atomic E-state index is 12.3. The Hall–Kier alpha value is -0.840. The van der Waals surface area contributed by atoms with Crippen LogP contribution < -0.4 is 5.32 Å². The zero-order valence-corrected chi connectivity index (χ0v) is 13.0. The van der Waals surface area contributed by atoms with Crippen LogP contribution in [0.2, 0.25) is 0 Å². The average molecular weight is 284 g/mol. The summed E-state index contributed by atoms with van der Waals surface area (Å²) in [4.78, 5) is 14.9. The van der Waals surface area contributed by atoms with Gasteiger partial charge < -0.3 is 10.1 Å². The van der Waals surface area contributed by atoms with E-state index in [1.54, 1.807) is 0 Å². The Kier molecular flexibility index (Phi) is 4.04. The standard InChI is InChI=1S/C14H24N2O2S/c1-9-7-11-12(19)15-6-5-10(9)8-16(11)13(17)18-14(2,3)4/h9-11H,5-8H2,1-4H3,(H,15,19). The molecule has 0 radical (unpaired) electrons. The fourth-order valence-electron chi connectivity index (χ4n) is 2.88. The Balaban J connectivity index is 2.16. The molecule has 3 aliphatic rings. The van der Waals surface area contributed by atoms with Gasteiger partial charge in [-0.15, -0.1) is 0 Å². The largest absolute Gasteiger partial charge is 0.444 e. The monoisotopic (exact) mass is 284 g/mol. The van der Waals surface area contributed by atoms with Crippen LogP contribution in [0.15, 0.2) is 0 Å². The van der Waals surface area contributed by atoms with Gasteiger partial charge in [-0.3, -0.25) is 4.90 Å². The van der Waals surface area contributed by atoms with Gasteiger partial charge in [0.2, 0.25) is 0 Å². The molecule has 0 aromatic carbocycles. The molecule has 3 atom stereocenters. The van der Waals surface area contributed by atoms with Gasteiger partial charge in [-0.05, 0) is 45.4 Å². The van der Waals surface area contributed by atoms with Gasteiger partial charge in [0.15, 0.2) is 0 Å². The normalized spacial score (nSPS) is 31.5. The highest BCUT2D eigenvalue weighted by Crippen LogP contribution is 2.32. The van der Waals surface area contributed by atoms with Crippen LogP contribution in [0, 0.1) is 11.8 Å². The van der Waals surface area contributed by atoms with E-state index in [2.05, 4.69) is 12.2 Å². The first-order chi connectivity index (χ1) is 8.78. The molecule has 1 N–H and O–H groups in total. The molecule has 0 spiro atoms. The number of nitrogens with zero attached hydrogens (tertiary/aromatic N) is 1. The molecule has 3 saturated heterocycles. The van der Waals surface area contributed by atoms with Crippen molar-refractivity contribution in [2.45, 2.75) is 52.2 Å². The number of carbonyl (C=O) groups is 1. The lowest BCUT2D eigenvalue weighted by Gasteiger charge is -2.45. The fraction of sp³-hybridized carbons (Fsp3) is 0.857. The molecular formula is C14H24N2O2S. The first-order valence-corrected chi connectivity index (χ1v) is 7.46. The predicted molar refractivity (Wildman–Crippen MR) is 79.2 cm³/mol. The van der Waals surface area contributed by atoms with Crippen molar-refractivity contribution in [2.75, 3.05) is 13.1 Å². The Bertz CT molecular complexity index is 378. The zero-order valence-electron chi connectivity index (χ0n) is 12.2. The van der Waals surface area contributed by atoms with Gasteiger partial charge in [0, 0.05) is 13.1 Å². The van der Waals surface area contributed by atoms with E-state index < -0.39 is 5.60 Å². The number of carbonyl (C=O) groups excluding carboxylic acids is 1. The number of piperidine rings is 1.